The molecule has 0 N–H and O–H groups in total. The average Bonchev–Trinajstić information content (AvgIpc) is 3.44. The van der Waals surface area contributed by atoms with Crippen LogP contribution in [0.3, 0.4) is 0 Å². The lowest BCUT2D eigenvalue weighted by atomic mass is 10.1. The number of benzene rings is 3. The van der Waals surface area contributed by atoms with Crippen LogP contribution in [0.5, 0.6) is 46.0 Å². The molecule has 0 spiro atoms. The zero-order valence-electron chi connectivity index (χ0n) is 24.0. The monoisotopic (exact) mass is 688 g/mol. The maximum absolute atomic E-state index is 13.1. The van der Waals surface area contributed by atoms with E-state index in [2.05, 4.69) is 27.6 Å². The average molecular weight is 689 g/mol. The normalized spacial score (nSPS) is 15.4. The predicted octanol–water partition coefficient (Wildman–Crippen LogP) is 6.29. The molecule has 1 amide bonds. The molecule has 42 heavy (non-hydrogen) atoms. The van der Waals surface area contributed by atoms with E-state index < -0.39 is 0 Å². The van der Waals surface area contributed by atoms with Gasteiger partial charge in [-0.2, -0.15) is 0 Å². The van der Waals surface area contributed by atoms with Crippen molar-refractivity contribution >= 4 is 40.4 Å². The minimum Gasteiger partial charge on any atom is -0.493 e. The van der Waals surface area contributed by atoms with Gasteiger partial charge in [-0.25, -0.2) is 0 Å². The van der Waals surface area contributed by atoms with Crippen molar-refractivity contribution < 1.29 is 38.0 Å². The number of carbonyl (C=O) groups excluding carboxylic acids is 1. The zero-order chi connectivity index (χ0) is 29.6. The van der Waals surface area contributed by atoms with E-state index in [4.69, 9.17) is 33.2 Å². The minimum atomic E-state index is -0.0160. The Kier molecular flexibility index (Phi) is 9.45. The number of rotatable bonds is 12. The van der Waals surface area contributed by atoms with Crippen LogP contribution in [0.1, 0.15) is 29.6 Å². The minimum absolute atomic E-state index is 0.0160. The van der Waals surface area contributed by atoms with Gasteiger partial charge in [0.05, 0.1) is 62.5 Å². The number of amides is 1. The molecule has 0 aromatic heterocycles. The topological polar surface area (TPSA) is 97.3 Å². The molecule has 2 aliphatic heterocycles. The summed E-state index contributed by atoms with van der Waals surface area (Å²) in [6.07, 6.45) is 4.43. The predicted molar refractivity (Wildman–Crippen MR) is 166 cm³/mol. The third kappa shape index (κ3) is 6.30. The third-order valence-electron chi connectivity index (χ3n) is 7.04. The molecule has 10 nitrogen and oxygen atoms in total. The Hall–Kier alpha value is -3.87. The molecule has 1 atom stereocenters. The molecule has 1 saturated heterocycles. The van der Waals surface area contributed by atoms with Crippen molar-refractivity contribution in [2.24, 2.45) is 4.99 Å². The lowest BCUT2D eigenvalue weighted by Crippen LogP contribution is -2.35. The third-order valence-corrected chi connectivity index (χ3v) is 7.89. The van der Waals surface area contributed by atoms with Gasteiger partial charge in [0.25, 0.3) is 5.91 Å². The number of carbonyl (C=O) groups is 1. The van der Waals surface area contributed by atoms with E-state index >= 15 is 0 Å². The Labute approximate surface area is 258 Å². The van der Waals surface area contributed by atoms with Crippen LogP contribution in [-0.4, -0.2) is 71.3 Å². The number of nitrogens with zero attached hydrogens (tertiary/aromatic N) is 2. The Morgan fingerprint density at radius 2 is 1.57 bits per heavy atom. The highest BCUT2D eigenvalue weighted by atomic mass is 127. The van der Waals surface area contributed by atoms with E-state index in [1.807, 2.05) is 29.3 Å². The van der Waals surface area contributed by atoms with Gasteiger partial charge < -0.3 is 38.1 Å². The summed E-state index contributed by atoms with van der Waals surface area (Å²) < 4.78 is 40.7. The fraction of sp³-hybridized carbons (Fsp3) is 0.355. The molecule has 0 bridgehead atoms. The standard InChI is InChI=1S/C31H33IN2O8/c1-36-26-16-22-24(33-18-19-7-5-10-34(19)31(22)35)17-27(26)41-12-6-11-40-20-8-9-25(23(32)13-20)42-21-14-28(37-2)30(39-4)29(15-21)38-3/h8-9,13-19H,5-7,10-12H2,1-4H3/t19-/m0/s1. The molecule has 3 aromatic carbocycles. The summed E-state index contributed by atoms with van der Waals surface area (Å²) in [4.78, 5) is 19.5. The van der Waals surface area contributed by atoms with E-state index in [9.17, 15) is 4.79 Å². The highest BCUT2D eigenvalue weighted by molar-refractivity contribution is 14.1. The van der Waals surface area contributed by atoms with E-state index in [0.717, 1.165) is 23.0 Å². The van der Waals surface area contributed by atoms with Crippen LogP contribution in [0.2, 0.25) is 0 Å². The number of ether oxygens (including phenoxy) is 7. The Morgan fingerprint density at radius 3 is 2.26 bits per heavy atom. The summed E-state index contributed by atoms with van der Waals surface area (Å²) in [7, 11) is 6.25. The van der Waals surface area contributed by atoms with E-state index in [1.165, 1.54) is 0 Å². The first kappa shape index (κ1) is 29.6. The lowest BCUT2D eigenvalue weighted by molar-refractivity contribution is 0.0774. The van der Waals surface area contributed by atoms with Gasteiger partial charge in [-0.3, -0.25) is 9.79 Å². The molecule has 0 radical (unpaired) electrons. The van der Waals surface area contributed by atoms with E-state index in [0.29, 0.717) is 76.9 Å². The summed E-state index contributed by atoms with van der Waals surface area (Å²) in [5.41, 5.74) is 1.14. The van der Waals surface area contributed by atoms with Crippen molar-refractivity contribution in [2.45, 2.75) is 25.3 Å². The van der Waals surface area contributed by atoms with Crippen molar-refractivity contribution in [1.29, 1.82) is 0 Å². The quantitative estimate of drug-likeness (QED) is 0.162. The molecule has 2 aliphatic rings. The second-order valence-corrected chi connectivity index (χ2v) is 10.8. The van der Waals surface area contributed by atoms with Crippen molar-refractivity contribution in [3.05, 3.63) is 51.6 Å². The first-order chi connectivity index (χ1) is 20.4. The van der Waals surface area contributed by atoms with E-state index in [1.54, 1.807) is 52.7 Å². The molecule has 5 rings (SSSR count). The smallest absolute Gasteiger partial charge is 0.256 e. The van der Waals surface area contributed by atoms with Crippen LogP contribution in [0.25, 0.3) is 0 Å². The molecule has 0 saturated carbocycles. The summed E-state index contributed by atoms with van der Waals surface area (Å²) >= 11 is 2.21. The van der Waals surface area contributed by atoms with Crippen molar-refractivity contribution in [3.63, 3.8) is 0 Å². The number of halogens is 1. The Balaban J connectivity index is 1.16. The highest BCUT2D eigenvalue weighted by Crippen LogP contribution is 2.43. The van der Waals surface area contributed by atoms with Gasteiger partial charge in [0.1, 0.15) is 17.2 Å². The molecule has 11 heteroatoms. The summed E-state index contributed by atoms with van der Waals surface area (Å²) in [5, 5.41) is 0. The summed E-state index contributed by atoms with van der Waals surface area (Å²) in [6.45, 7) is 1.60. The fourth-order valence-electron chi connectivity index (χ4n) is 4.95. The van der Waals surface area contributed by atoms with Gasteiger partial charge in [0, 0.05) is 37.4 Å². The number of hydrogen-bond donors (Lipinski definition) is 0. The van der Waals surface area contributed by atoms with Crippen LogP contribution in [-0.2, 0) is 0 Å². The first-order valence-electron chi connectivity index (χ1n) is 13.6. The molecule has 222 valence electrons. The second kappa shape index (κ2) is 13.4. The molecule has 3 aromatic rings. The van der Waals surface area contributed by atoms with Crippen LogP contribution in [0.4, 0.5) is 5.69 Å². The van der Waals surface area contributed by atoms with Gasteiger partial charge in [-0.1, -0.05) is 0 Å². The molecule has 1 fully saturated rings. The Morgan fingerprint density at radius 1 is 0.833 bits per heavy atom. The van der Waals surface area contributed by atoms with Crippen molar-refractivity contribution in [1.82, 2.24) is 4.90 Å². The zero-order valence-corrected chi connectivity index (χ0v) is 26.1. The van der Waals surface area contributed by atoms with Crippen LogP contribution >= 0.6 is 22.6 Å². The van der Waals surface area contributed by atoms with Gasteiger partial charge in [0.2, 0.25) is 5.75 Å². The molecule has 2 heterocycles. The maximum atomic E-state index is 13.1. The molecule has 0 aliphatic carbocycles. The summed E-state index contributed by atoms with van der Waals surface area (Å²) in [5.74, 6) is 4.49. The molecular weight excluding hydrogens is 655 g/mol. The first-order valence-corrected chi connectivity index (χ1v) is 14.6. The molecular formula is C31H33IN2O8. The van der Waals surface area contributed by atoms with Crippen molar-refractivity contribution in [2.75, 3.05) is 48.2 Å². The highest BCUT2D eigenvalue weighted by Gasteiger charge is 2.32. The summed E-state index contributed by atoms with van der Waals surface area (Å²) in [6, 6.07) is 12.7. The number of fused-ring (bicyclic) bond motifs is 2. The fourth-order valence-corrected chi connectivity index (χ4v) is 5.55. The van der Waals surface area contributed by atoms with Crippen LogP contribution in [0, 0.1) is 3.57 Å². The van der Waals surface area contributed by atoms with Gasteiger partial charge in [-0.05, 0) is 59.7 Å². The lowest BCUT2D eigenvalue weighted by Gasteiger charge is -2.20. The Bertz CT molecular complexity index is 1450. The van der Waals surface area contributed by atoms with Crippen LogP contribution < -0.4 is 33.2 Å². The van der Waals surface area contributed by atoms with Gasteiger partial charge >= 0.3 is 0 Å². The second-order valence-electron chi connectivity index (χ2n) is 9.61. The van der Waals surface area contributed by atoms with E-state index in [-0.39, 0.29) is 11.9 Å². The van der Waals surface area contributed by atoms with Gasteiger partial charge in [0.15, 0.2) is 23.0 Å². The molecule has 0 unspecified atom stereocenters. The maximum Gasteiger partial charge on any atom is 0.256 e. The van der Waals surface area contributed by atoms with Crippen LogP contribution in [0.15, 0.2) is 47.5 Å². The number of hydrogen-bond acceptors (Lipinski definition) is 9. The largest absolute Gasteiger partial charge is 0.493 e. The van der Waals surface area contributed by atoms with Gasteiger partial charge in [-0.15, -0.1) is 0 Å². The van der Waals surface area contributed by atoms with Crippen molar-refractivity contribution in [3.8, 4) is 46.0 Å². The SMILES string of the molecule is COc1cc2c(cc1OCCCOc1ccc(Oc3cc(OC)c(OC)c(OC)c3)c(I)c1)N=C[C@@H]1CCCN1C2=O. The number of methoxy groups -OCH3 is 4. The number of aliphatic imine (C=N–C) groups is 1.